The molecule has 0 heterocycles. The van der Waals surface area contributed by atoms with Gasteiger partial charge in [-0.1, -0.05) is 25.4 Å². The van der Waals surface area contributed by atoms with Crippen LogP contribution >= 0.6 is 11.6 Å². The number of rotatable bonds is 6. The molecule has 0 spiro atoms. The Bertz CT molecular complexity index is 302. The summed E-state index contributed by atoms with van der Waals surface area (Å²) < 4.78 is 5.58. The van der Waals surface area contributed by atoms with E-state index in [0.717, 1.165) is 35.8 Å². The highest BCUT2D eigenvalue weighted by Crippen LogP contribution is 2.22. The van der Waals surface area contributed by atoms with E-state index in [2.05, 4.69) is 19.2 Å². The summed E-state index contributed by atoms with van der Waals surface area (Å²) in [6, 6.07) is 5.81. The van der Waals surface area contributed by atoms with Crippen molar-refractivity contribution in [2.75, 3.05) is 19.7 Å². The zero-order valence-corrected chi connectivity index (χ0v) is 10.1. The van der Waals surface area contributed by atoms with E-state index < -0.39 is 0 Å². The van der Waals surface area contributed by atoms with Crippen LogP contribution in [0.15, 0.2) is 18.2 Å². The molecule has 0 radical (unpaired) electrons. The van der Waals surface area contributed by atoms with Crippen LogP contribution in [0.2, 0.25) is 5.02 Å². The predicted molar refractivity (Wildman–Crippen MR) is 64.9 cm³/mol. The molecule has 2 nitrogen and oxygen atoms in total. The second-order valence-corrected chi connectivity index (χ2v) is 3.72. The summed E-state index contributed by atoms with van der Waals surface area (Å²) in [6.45, 7) is 6.71. The molecule has 0 unspecified atom stereocenters. The van der Waals surface area contributed by atoms with E-state index in [4.69, 9.17) is 16.3 Å². The number of nitrogens with one attached hydrogen (secondary N) is 1. The van der Waals surface area contributed by atoms with Gasteiger partial charge in [0.1, 0.15) is 12.4 Å². The summed E-state index contributed by atoms with van der Waals surface area (Å²) in [4.78, 5) is 0. The minimum absolute atomic E-state index is 0.693. The highest BCUT2D eigenvalue weighted by Gasteiger charge is 2.00. The molecule has 0 saturated heterocycles. The monoisotopic (exact) mass is 227 g/mol. The molecule has 15 heavy (non-hydrogen) atoms. The van der Waals surface area contributed by atoms with Crippen molar-refractivity contribution in [3.05, 3.63) is 28.8 Å². The van der Waals surface area contributed by atoms with Crippen molar-refractivity contribution in [2.24, 2.45) is 0 Å². The Kier molecular flexibility index (Phi) is 5.51. The first-order valence-corrected chi connectivity index (χ1v) is 5.77. The lowest BCUT2D eigenvalue weighted by Crippen LogP contribution is -2.20. The van der Waals surface area contributed by atoms with E-state index in [0.29, 0.717) is 6.61 Å². The van der Waals surface area contributed by atoms with Gasteiger partial charge in [-0.3, -0.25) is 0 Å². The zero-order chi connectivity index (χ0) is 11.1. The number of aryl methyl sites for hydroxylation is 1. The first-order valence-electron chi connectivity index (χ1n) is 5.39. The summed E-state index contributed by atoms with van der Waals surface area (Å²) in [6.07, 6.45) is 0.934. The maximum atomic E-state index is 6.01. The van der Waals surface area contributed by atoms with Crippen molar-refractivity contribution in [2.45, 2.75) is 20.3 Å². The number of halogens is 1. The van der Waals surface area contributed by atoms with Crippen LogP contribution < -0.4 is 10.1 Å². The summed E-state index contributed by atoms with van der Waals surface area (Å²) in [5, 5.41) is 4.02. The molecular formula is C12H18ClNO. The van der Waals surface area contributed by atoms with Crippen molar-refractivity contribution in [1.29, 1.82) is 0 Å². The third-order valence-electron chi connectivity index (χ3n) is 2.20. The van der Waals surface area contributed by atoms with E-state index in [1.54, 1.807) is 0 Å². The molecule has 0 aromatic heterocycles. The molecule has 1 aromatic rings. The summed E-state index contributed by atoms with van der Waals surface area (Å²) in [7, 11) is 0. The molecule has 0 aliphatic carbocycles. The Morgan fingerprint density at radius 3 is 2.80 bits per heavy atom. The Hall–Kier alpha value is -0.730. The van der Waals surface area contributed by atoms with Gasteiger partial charge in [-0.25, -0.2) is 0 Å². The Labute approximate surface area is 96.6 Å². The lowest BCUT2D eigenvalue weighted by Gasteiger charge is -2.08. The van der Waals surface area contributed by atoms with E-state index >= 15 is 0 Å². The topological polar surface area (TPSA) is 21.3 Å². The molecule has 1 rings (SSSR count). The summed E-state index contributed by atoms with van der Waals surface area (Å²) in [5.74, 6) is 0.897. The molecular weight excluding hydrogens is 210 g/mol. The first-order chi connectivity index (χ1) is 7.27. The van der Waals surface area contributed by atoms with Crippen molar-refractivity contribution in [3.8, 4) is 5.75 Å². The van der Waals surface area contributed by atoms with Crippen LogP contribution in [0.4, 0.5) is 0 Å². The molecule has 84 valence electrons. The van der Waals surface area contributed by atoms with Gasteiger partial charge >= 0.3 is 0 Å². The maximum absolute atomic E-state index is 6.01. The van der Waals surface area contributed by atoms with E-state index in [1.165, 1.54) is 0 Å². The van der Waals surface area contributed by atoms with Gasteiger partial charge in [0.25, 0.3) is 0 Å². The number of hydrogen-bond acceptors (Lipinski definition) is 2. The zero-order valence-electron chi connectivity index (χ0n) is 9.35. The van der Waals surface area contributed by atoms with Crippen LogP contribution in [0.1, 0.15) is 19.4 Å². The number of benzene rings is 1. The van der Waals surface area contributed by atoms with Crippen LogP contribution in [-0.4, -0.2) is 19.7 Å². The summed E-state index contributed by atoms with van der Waals surface area (Å²) >= 11 is 6.01. The van der Waals surface area contributed by atoms with Gasteiger partial charge < -0.3 is 10.1 Å². The van der Waals surface area contributed by atoms with E-state index in [-0.39, 0.29) is 0 Å². The van der Waals surface area contributed by atoms with Crippen molar-refractivity contribution < 1.29 is 4.74 Å². The molecule has 3 heteroatoms. The molecule has 0 aliphatic rings. The first kappa shape index (κ1) is 12.3. The quantitative estimate of drug-likeness (QED) is 0.755. The van der Waals surface area contributed by atoms with Crippen LogP contribution in [0.5, 0.6) is 5.75 Å². The molecule has 0 saturated carbocycles. The average molecular weight is 228 g/mol. The van der Waals surface area contributed by atoms with E-state index in [1.807, 2.05) is 18.2 Å². The van der Waals surface area contributed by atoms with Gasteiger partial charge in [0.05, 0.1) is 0 Å². The predicted octanol–water partition coefficient (Wildman–Crippen LogP) is 2.89. The number of hydrogen-bond donors (Lipinski definition) is 1. The lowest BCUT2D eigenvalue weighted by atomic mass is 10.1. The average Bonchev–Trinajstić information content (AvgIpc) is 2.26. The standard InChI is InChI=1S/C12H18ClNO/c1-3-10-9-11(5-6-12(10)13)15-8-7-14-4-2/h5-6,9,14H,3-4,7-8H2,1-2H3. The SMILES string of the molecule is CCNCCOc1ccc(Cl)c(CC)c1. The van der Waals surface area contributed by atoms with E-state index in [9.17, 15) is 0 Å². The number of ether oxygens (including phenoxy) is 1. The normalized spacial score (nSPS) is 10.3. The van der Waals surface area contributed by atoms with Gasteiger partial charge in [0.2, 0.25) is 0 Å². The van der Waals surface area contributed by atoms with Gasteiger partial charge in [0, 0.05) is 11.6 Å². The molecule has 0 fully saturated rings. The maximum Gasteiger partial charge on any atom is 0.119 e. The Morgan fingerprint density at radius 2 is 2.13 bits per heavy atom. The fourth-order valence-corrected chi connectivity index (χ4v) is 1.58. The molecule has 0 bridgehead atoms. The lowest BCUT2D eigenvalue weighted by molar-refractivity contribution is 0.315. The number of likely N-dealkylation sites (N-methyl/N-ethyl adjacent to an activating group) is 1. The minimum atomic E-state index is 0.693. The third kappa shape index (κ3) is 4.10. The highest BCUT2D eigenvalue weighted by atomic mass is 35.5. The van der Waals surface area contributed by atoms with Gasteiger partial charge in [-0.15, -0.1) is 0 Å². The Morgan fingerprint density at radius 1 is 1.33 bits per heavy atom. The van der Waals surface area contributed by atoms with Gasteiger partial charge in [-0.2, -0.15) is 0 Å². The molecule has 1 N–H and O–H groups in total. The van der Waals surface area contributed by atoms with Crippen LogP contribution in [0.25, 0.3) is 0 Å². The summed E-state index contributed by atoms with van der Waals surface area (Å²) in [5.41, 5.74) is 1.14. The molecule has 0 aliphatic heterocycles. The van der Waals surface area contributed by atoms with Gasteiger partial charge in [0.15, 0.2) is 0 Å². The highest BCUT2D eigenvalue weighted by molar-refractivity contribution is 6.31. The second kappa shape index (κ2) is 6.70. The molecule has 0 amide bonds. The van der Waals surface area contributed by atoms with Crippen molar-refractivity contribution in [1.82, 2.24) is 5.32 Å². The second-order valence-electron chi connectivity index (χ2n) is 3.31. The van der Waals surface area contributed by atoms with Crippen LogP contribution in [-0.2, 0) is 6.42 Å². The van der Waals surface area contributed by atoms with Crippen molar-refractivity contribution >= 4 is 11.6 Å². The fourth-order valence-electron chi connectivity index (χ4n) is 1.33. The largest absolute Gasteiger partial charge is 0.492 e. The van der Waals surface area contributed by atoms with Crippen LogP contribution in [0, 0.1) is 0 Å². The fraction of sp³-hybridized carbons (Fsp3) is 0.500. The molecule has 1 aromatic carbocycles. The van der Waals surface area contributed by atoms with Crippen molar-refractivity contribution in [3.63, 3.8) is 0 Å². The van der Waals surface area contributed by atoms with Gasteiger partial charge in [-0.05, 0) is 36.7 Å². The smallest absolute Gasteiger partial charge is 0.119 e. The molecule has 0 atom stereocenters. The Balaban J connectivity index is 2.47. The minimum Gasteiger partial charge on any atom is -0.492 e. The third-order valence-corrected chi connectivity index (χ3v) is 2.56. The van der Waals surface area contributed by atoms with Crippen LogP contribution in [0.3, 0.4) is 0 Å².